The average Bonchev–Trinajstić information content (AvgIpc) is 2.61. The quantitative estimate of drug-likeness (QED) is 0.401. The second-order valence-electron chi connectivity index (χ2n) is 5.38. The van der Waals surface area contributed by atoms with E-state index in [2.05, 4.69) is 9.97 Å². The summed E-state index contributed by atoms with van der Waals surface area (Å²) in [6.45, 7) is 0. The van der Waals surface area contributed by atoms with E-state index in [1.54, 1.807) is 36.7 Å². The average molecular weight is 320 g/mol. The van der Waals surface area contributed by atoms with Crippen molar-refractivity contribution in [2.24, 2.45) is 0 Å². The van der Waals surface area contributed by atoms with Crippen LogP contribution in [-0.4, -0.2) is 30.4 Å². The van der Waals surface area contributed by atoms with Crippen LogP contribution in [0.2, 0.25) is 0 Å². The fourth-order valence-corrected chi connectivity index (χ4v) is 2.86. The highest BCUT2D eigenvalue weighted by Crippen LogP contribution is 2.44. The molecule has 0 atom stereocenters. The summed E-state index contributed by atoms with van der Waals surface area (Å²) in [6, 6.07) is 9.30. The maximum atomic E-state index is 10.0. The van der Waals surface area contributed by atoms with Gasteiger partial charge in [-0.1, -0.05) is 0 Å². The molecule has 0 amide bonds. The lowest BCUT2D eigenvalue weighted by molar-refractivity contribution is 0.407. The van der Waals surface area contributed by atoms with Crippen LogP contribution in [0, 0.1) is 0 Å². The van der Waals surface area contributed by atoms with Gasteiger partial charge in [-0.15, -0.1) is 0 Å². The third-order valence-corrected chi connectivity index (χ3v) is 3.97. The first kappa shape index (κ1) is 14.1. The van der Waals surface area contributed by atoms with E-state index in [1.165, 1.54) is 12.1 Å². The van der Waals surface area contributed by atoms with Gasteiger partial charge >= 0.3 is 0 Å². The highest BCUT2D eigenvalue weighted by Gasteiger charge is 2.18. The van der Waals surface area contributed by atoms with E-state index in [1.807, 2.05) is 0 Å². The van der Waals surface area contributed by atoms with Crippen LogP contribution < -0.4 is 0 Å². The Morgan fingerprint density at radius 2 is 1.04 bits per heavy atom. The maximum Gasteiger partial charge on any atom is 0.167 e. The second-order valence-corrected chi connectivity index (χ2v) is 5.38. The largest absolute Gasteiger partial charge is 0.504 e. The number of phenols is 4. The lowest BCUT2D eigenvalue weighted by Crippen LogP contribution is -1.90. The molecule has 0 unspecified atom stereocenters. The Morgan fingerprint density at radius 1 is 0.625 bits per heavy atom. The van der Waals surface area contributed by atoms with Crippen LogP contribution in [0.25, 0.3) is 32.9 Å². The number of hydrogen-bond donors (Lipinski definition) is 4. The molecule has 0 saturated heterocycles. The van der Waals surface area contributed by atoms with Gasteiger partial charge in [-0.2, -0.15) is 0 Å². The lowest BCUT2D eigenvalue weighted by atomic mass is 9.97. The number of nitrogens with zero attached hydrogens (tertiary/aromatic N) is 2. The van der Waals surface area contributed by atoms with Gasteiger partial charge in [0.05, 0.1) is 11.0 Å². The predicted molar refractivity (Wildman–Crippen MR) is 89.1 cm³/mol. The van der Waals surface area contributed by atoms with Crippen molar-refractivity contribution in [3.05, 3.63) is 48.8 Å². The van der Waals surface area contributed by atoms with Crippen LogP contribution in [0.1, 0.15) is 0 Å². The number of pyridine rings is 2. The molecule has 24 heavy (non-hydrogen) atoms. The van der Waals surface area contributed by atoms with Gasteiger partial charge in [-0.25, -0.2) is 0 Å². The van der Waals surface area contributed by atoms with Gasteiger partial charge in [0, 0.05) is 34.3 Å². The van der Waals surface area contributed by atoms with Crippen LogP contribution in [0.5, 0.6) is 23.0 Å². The summed E-state index contributed by atoms with van der Waals surface area (Å²) in [4.78, 5) is 8.55. The molecule has 6 nitrogen and oxygen atoms in total. The highest BCUT2D eigenvalue weighted by atomic mass is 16.3. The summed E-state index contributed by atoms with van der Waals surface area (Å²) in [6.07, 6.45) is 3.14. The molecule has 0 radical (unpaired) electrons. The fraction of sp³-hybridized carbons (Fsp3) is 0. The van der Waals surface area contributed by atoms with Gasteiger partial charge in [0.2, 0.25) is 0 Å². The number of phenolic OH excluding ortho intramolecular Hbond substituents is 4. The monoisotopic (exact) mass is 320 g/mol. The minimum Gasteiger partial charge on any atom is -0.504 e. The number of benzene rings is 2. The van der Waals surface area contributed by atoms with E-state index < -0.39 is 0 Å². The van der Waals surface area contributed by atoms with Crippen molar-refractivity contribution in [2.45, 2.75) is 0 Å². The lowest BCUT2D eigenvalue weighted by Gasteiger charge is -2.13. The van der Waals surface area contributed by atoms with Gasteiger partial charge in [0.25, 0.3) is 0 Å². The maximum absolute atomic E-state index is 10.0. The molecule has 0 aliphatic carbocycles. The Labute approximate surface area is 135 Å². The Morgan fingerprint density at radius 3 is 1.46 bits per heavy atom. The minimum absolute atomic E-state index is 0.262. The highest BCUT2D eigenvalue weighted by molar-refractivity contribution is 6.07. The van der Waals surface area contributed by atoms with Crippen molar-refractivity contribution in [1.29, 1.82) is 0 Å². The summed E-state index contributed by atoms with van der Waals surface area (Å²) in [5.41, 5.74) is 1.87. The van der Waals surface area contributed by atoms with Gasteiger partial charge in [-0.3, -0.25) is 9.97 Å². The van der Waals surface area contributed by atoms with E-state index in [0.717, 1.165) is 0 Å². The van der Waals surface area contributed by atoms with Crippen LogP contribution >= 0.6 is 0 Å². The zero-order chi connectivity index (χ0) is 16.8. The Bertz CT molecular complexity index is 1020. The standard InChI is InChI=1S/C18H12N2O4/c21-13-7-11(15-9(17(13)23)3-1-5-19-15)12-8-14(22)18(24)10-4-2-6-20-16(10)12/h1-8,21-24H. The normalized spacial score (nSPS) is 11.2. The van der Waals surface area contributed by atoms with Gasteiger partial charge in [0.1, 0.15) is 0 Å². The summed E-state index contributed by atoms with van der Waals surface area (Å²) in [5.74, 6) is -1.13. The van der Waals surface area contributed by atoms with Crippen molar-refractivity contribution in [2.75, 3.05) is 0 Å². The summed E-state index contributed by atoms with van der Waals surface area (Å²) in [5, 5.41) is 40.9. The van der Waals surface area contributed by atoms with Crippen LogP contribution in [0.15, 0.2) is 48.8 Å². The zero-order valence-corrected chi connectivity index (χ0v) is 12.3. The van der Waals surface area contributed by atoms with E-state index >= 15 is 0 Å². The van der Waals surface area contributed by atoms with E-state index in [9.17, 15) is 20.4 Å². The number of aromatic hydroxyl groups is 4. The predicted octanol–water partition coefficient (Wildman–Crippen LogP) is 3.27. The molecule has 0 aliphatic heterocycles. The van der Waals surface area contributed by atoms with Crippen molar-refractivity contribution in [3.8, 4) is 34.1 Å². The molecule has 2 heterocycles. The smallest absolute Gasteiger partial charge is 0.167 e. The SMILES string of the molecule is Oc1cc(-c2cc(O)c(O)c3cccnc23)c2ncccc2c1O. The van der Waals surface area contributed by atoms with Gasteiger partial charge < -0.3 is 20.4 Å². The van der Waals surface area contributed by atoms with Crippen LogP contribution in [0.4, 0.5) is 0 Å². The Kier molecular flexibility index (Phi) is 2.93. The first-order valence-electron chi connectivity index (χ1n) is 7.17. The molecule has 0 bridgehead atoms. The molecule has 0 fully saturated rings. The Hall–Kier alpha value is -3.54. The molecule has 6 heteroatoms. The molecule has 4 rings (SSSR count). The molecule has 4 aromatic rings. The third-order valence-electron chi connectivity index (χ3n) is 3.97. The number of rotatable bonds is 1. The summed E-state index contributed by atoms with van der Waals surface area (Å²) in [7, 11) is 0. The molecule has 2 aromatic carbocycles. The molecule has 0 aliphatic rings. The second kappa shape index (κ2) is 4.99. The number of aromatic nitrogens is 2. The van der Waals surface area contributed by atoms with E-state index in [0.29, 0.717) is 32.9 Å². The van der Waals surface area contributed by atoms with Crippen molar-refractivity contribution in [3.63, 3.8) is 0 Å². The minimum atomic E-state index is -0.304. The van der Waals surface area contributed by atoms with E-state index in [-0.39, 0.29) is 23.0 Å². The van der Waals surface area contributed by atoms with Crippen LogP contribution in [0.3, 0.4) is 0 Å². The van der Waals surface area contributed by atoms with Crippen molar-refractivity contribution in [1.82, 2.24) is 9.97 Å². The fourth-order valence-electron chi connectivity index (χ4n) is 2.86. The van der Waals surface area contributed by atoms with Gasteiger partial charge in [0.15, 0.2) is 23.0 Å². The van der Waals surface area contributed by atoms with Crippen molar-refractivity contribution >= 4 is 21.8 Å². The van der Waals surface area contributed by atoms with E-state index in [4.69, 9.17) is 0 Å². The summed E-state index contributed by atoms with van der Waals surface area (Å²) < 4.78 is 0. The third kappa shape index (κ3) is 1.90. The molecular weight excluding hydrogens is 308 g/mol. The molecule has 0 spiro atoms. The molecule has 0 saturated carbocycles. The topological polar surface area (TPSA) is 107 Å². The molecule has 2 aromatic heterocycles. The molecule has 4 N–H and O–H groups in total. The van der Waals surface area contributed by atoms with Crippen molar-refractivity contribution < 1.29 is 20.4 Å². The number of fused-ring (bicyclic) bond motifs is 2. The van der Waals surface area contributed by atoms with Crippen LogP contribution in [-0.2, 0) is 0 Å². The molecular formula is C18H12N2O4. The van der Waals surface area contributed by atoms with Gasteiger partial charge in [-0.05, 0) is 36.4 Å². The summed E-state index contributed by atoms with van der Waals surface area (Å²) >= 11 is 0. The Balaban J connectivity index is 2.19. The number of hydrogen-bond acceptors (Lipinski definition) is 6. The first-order chi connectivity index (χ1) is 11.6. The molecule has 118 valence electrons. The zero-order valence-electron chi connectivity index (χ0n) is 12.3. The first-order valence-corrected chi connectivity index (χ1v) is 7.17.